The summed E-state index contributed by atoms with van der Waals surface area (Å²) < 4.78 is 10.7. The van der Waals surface area contributed by atoms with Crippen LogP contribution in [0.4, 0.5) is 0 Å². The summed E-state index contributed by atoms with van der Waals surface area (Å²) in [5.41, 5.74) is 1.15. The average Bonchev–Trinajstić information content (AvgIpc) is 2.27. The molecule has 0 bridgehead atoms. The third kappa shape index (κ3) is 4.82. The molecule has 0 unspecified atom stereocenters. The second kappa shape index (κ2) is 6.88. The van der Waals surface area contributed by atoms with Gasteiger partial charge < -0.3 is 9.47 Å². The van der Waals surface area contributed by atoms with Crippen molar-refractivity contribution in [2.75, 3.05) is 6.61 Å². The zero-order valence-electron chi connectivity index (χ0n) is 10.1. The zero-order valence-corrected chi connectivity index (χ0v) is 10.1. The zero-order chi connectivity index (χ0) is 11.8. The van der Waals surface area contributed by atoms with Crippen molar-refractivity contribution in [2.45, 2.75) is 33.4 Å². The normalized spacial score (nSPS) is 11.6. The van der Waals surface area contributed by atoms with Gasteiger partial charge in [-0.3, -0.25) is 0 Å². The highest BCUT2D eigenvalue weighted by molar-refractivity contribution is 5.67. The Morgan fingerprint density at radius 3 is 2.50 bits per heavy atom. The molecular weight excluding hydrogens is 202 g/mol. The maximum Gasteiger partial charge on any atom is 0.384 e. The van der Waals surface area contributed by atoms with Crippen molar-refractivity contribution in [2.24, 2.45) is 4.99 Å². The number of hydrogen-bond donors (Lipinski definition) is 0. The van der Waals surface area contributed by atoms with Crippen LogP contribution in [0, 0.1) is 0 Å². The molecule has 0 atom stereocenters. The minimum Gasteiger partial charge on any atom is -0.451 e. The van der Waals surface area contributed by atoms with Crippen molar-refractivity contribution in [1.82, 2.24) is 0 Å². The van der Waals surface area contributed by atoms with Gasteiger partial charge in [0, 0.05) is 0 Å². The number of ether oxygens (including phenoxy) is 2. The number of rotatable bonds is 4. The second-order valence-corrected chi connectivity index (χ2v) is 3.67. The van der Waals surface area contributed by atoms with Gasteiger partial charge >= 0.3 is 6.08 Å². The summed E-state index contributed by atoms with van der Waals surface area (Å²) >= 11 is 0. The van der Waals surface area contributed by atoms with Crippen LogP contribution in [0.1, 0.15) is 26.3 Å². The third-order valence-corrected chi connectivity index (χ3v) is 1.84. The van der Waals surface area contributed by atoms with E-state index in [0.29, 0.717) is 19.2 Å². The number of benzene rings is 1. The molecule has 0 spiro atoms. The summed E-state index contributed by atoms with van der Waals surface area (Å²) in [6.45, 7) is 6.99. The number of aliphatic imine (C=N–C) groups is 1. The van der Waals surface area contributed by atoms with Crippen molar-refractivity contribution in [3.63, 3.8) is 0 Å². The molecule has 0 saturated heterocycles. The van der Waals surface area contributed by atoms with E-state index in [1.54, 1.807) is 0 Å². The minimum atomic E-state index is 0.0843. The highest BCUT2D eigenvalue weighted by Gasteiger charge is 2.03. The van der Waals surface area contributed by atoms with Crippen LogP contribution in [0.2, 0.25) is 0 Å². The van der Waals surface area contributed by atoms with Crippen molar-refractivity contribution >= 4 is 6.08 Å². The van der Waals surface area contributed by atoms with Crippen LogP contribution < -0.4 is 0 Å². The summed E-state index contributed by atoms with van der Waals surface area (Å²) in [5, 5.41) is 0. The molecule has 0 fully saturated rings. The van der Waals surface area contributed by atoms with Gasteiger partial charge in [0.15, 0.2) is 0 Å². The van der Waals surface area contributed by atoms with E-state index >= 15 is 0 Å². The van der Waals surface area contributed by atoms with Gasteiger partial charge in [-0.1, -0.05) is 30.3 Å². The van der Waals surface area contributed by atoms with Crippen molar-refractivity contribution < 1.29 is 9.47 Å². The lowest BCUT2D eigenvalue weighted by molar-refractivity contribution is 0.132. The first-order valence-corrected chi connectivity index (χ1v) is 5.60. The Kier molecular flexibility index (Phi) is 5.40. The SMILES string of the molecule is CCOC(=NCc1ccccc1)OC(C)C. The Morgan fingerprint density at radius 2 is 1.94 bits per heavy atom. The monoisotopic (exact) mass is 221 g/mol. The van der Waals surface area contributed by atoms with Gasteiger partial charge in [-0.05, 0) is 26.3 Å². The molecule has 16 heavy (non-hydrogen) atoms. The van der Waals surface area contributed by atoms with E-state index in [1.807, 2.05) is 51.1 Å². The Balaban J connectivity index is 2.57. The van der Waals surface area contributed by atoms with Crippen molar-refractivity contribution in [3.05, 3.63) is 35.9 Å². The topological polar surface area (TPSA) is 30.8 Å². The van der Waals surface area contributed by atoms with Gasteiger partial charge in [-0.25, -0.2) is 4.99 Å². The fraction of sp³-hybridized carbons (Fsp3) is 0.462. The Hall–Kier alpha value is -1.51. The fourth-order valence-electron chi connectivity index (χ4n) is 1.18. The van der Waals surface area contributed by atoms with Crippen LogP contribution in [0.3, 0.4) is 0 Å². The summed E-state index contributed by atoms with van der Waals surface area (Å²) in [7, 11) is 0. The minimum absolute atomic E-state index is 0.0843. The van der Waals surface area contributed by atoms with E-state index in [0.717, 1.165) is 5.56 Å². The first-order valence-electron chi connectivity index (χ1n) is 5.60. The summed E-state index contributed by atoms with van der Waals surface area (Å²) in [6.07, 6.45) is 0.461. The molecule has 0 radical (unpaired) electrons. The molecule has 3 heteroatoms. The molecule has 0 N–H and O–H groups in total. The average molecular weight is 221 g/mol. The van der Waals surface area contributed by atoms with Gasteiger partial charge in [-0.15, -0.1) is 0 Å². The van der Waals surface area contributed by atoms with Crippen molar-refractivity contribution in [1.29, 1.82) is 0 Å². The highest BCUT2D eigenvalue weighted by atomic mass is 16.7. The van der Waals surface area contributed by atoms with Gasteiger partial charge in [0.1, 0.15) is 0 Å². The van der Waals surface area contributed by atoms with Crippen LogP contribution in [0.15, 0.2) is 35.3 Å². The molecule has 3 nitrogen and oxygen atoms in total. The second-order valence-electron chi connectivity index (χ2n) is 3.67. The van der Waals surface area contributed by atoms with Gasteiger partial charge in [0.25, 0.3) is 0 Å². The van der Waals surface area contributed by atoms with Gasteiger partial charge in [0.05, 0.1) is 19.3 Å². The van der Waals surface area contributed by atoms with E-state index < -0.39 is 0 Å². The summed E-state index contributed by atoms with van der Waals surface area (Å²) in [4.78, 5) is 4.30. The molecule has 0 aromatic heterocycles. The maximum atomic E-state index is 5.44. The lowest BCUT2D eigenvalue weighted by atomic mass is 10.2. The fourth-order valence-corrected chi connectivity index (χ4v) is 1.18. The first kappa shape index (κ1) is 12.6. The maximum absolute atomic E-state index is 5.44. The van der Waals surface area contributed by atoms with E-state index in [1.165, 1.54) is 0 Å². The number of hydrogen-bond acceptors (Lipinski definition) is 3. The summed E-state index contributed by atoms with van der Waals surface area (Å²) in [5.74, 6) is 0. The molecule has 1 aromatic rings. The molecule has 1 aromatic carbocycles. The van der Waals surface area contributed by atoms with Gasteiger partial charge in [0.2, 0.25) is 0 Å². The van der Waals surface area contributed by atoms with Crippen LogP contribution in [0.5, 0.6) is 0 Å². The van der Waals surface area contributed by atoms with Crippen molar-refractivity contribution in [3.8, 4) is 0 Å². The Bertz CT molecular complexity index is 320. The molecule has 0 heterocycles. The molecular formula is C13H19NO2. The van der Waals surface area contributed by atoms with Crippen LogP contribution in [-0.2, 0) is 16.0 Å². The molecule has 0 aliphatic carbocycles. The van der Waals surface area contributed by atoms with Crippen LogP contribution in [-0.4, -0.2) is 18.8 Å². The lowest BCUT2D eigenvalue weighted by Gasteiger charge is -2.11. The third-order valence-electron chi connectivity index (χ3n) is 1.84. The summed E-state index contributed by atoms with van der Waals surface area (Å²) in [6, 6.07) is 10.0. The smallest absolute Gasteiger partial charge is 0.384 e. The highest BCUT2D eigenvalue weighted by Crippen LogP contribution is 2.02. The van der Waals surface area contributed by atoms with Crippen LogP contribution in [0.25, 0.3) is 0 Å². The molecule has 0 aliphatic rings. The predicted molar refractivity (Wildman–Crippen MR) is 65.4 cm³/mol. The molecule has 0 aliphatic heterocycles. The molecule has 0 saturated carbocycles. The molecule has 1 rings (SSSR count). The van der Waals surface area contributed by atoms with E-state index in [2.05, 4.69) is 4.99 Å². The first-order chi connectivity index (χ1) is 7.72. The largest absolute Gasteiger partial charge is 0.451 e. The standard InChI is InChI=1S/C13H19NO2/c1-4-15-13(16-11(2)3)14-10-12-8-6-5-7-9-12/h5-9,11H,4,10H2,1-3H3. The van der Waals surface area contributed by atoms with E-state index in [-0.39, 0.29) is 6.10 Å². The number of nitrogens with zero attached hydrogens (tertiary/aromatic N) is 1. The van der Waals surface area contributed by atoms with E-state index in [9.17, 15) is 0 Å². The quantitative estimate of drug-likeness (QED) is 0.578. The Morgan fingerprint density at radius 1 is 1.25 bits per heavy atom. The predicted octanol–water partition coefficient (Wildman–Crippen LogP) is 3.00. The molecule has 0 amide bonds. The lowest BCUT2D eigenvalue weighted by Crippen LogP contribution is -2.15. The van der Waals surface area contributed by atoms with E-state index in [4.69, 9.17) is 9.47 Å². The van der Waals surface area contributed by atoms with Crippen LogP contribution >= 0.6 is 0 Å². The molecule has 88 valence electrons. The van der Waals surface area contributed by atoms with Gasteiger partial charge in [-0.2, -0.15) is 0 Å². The Labute approximate surface area is 97.1 Å².